The number of nitrogens with zero attached hydrogens (tertiary/aromatic N) is 1. The van der Waals surface area contributed by atoms with Crippen molar-refractivity contribution in [1.82, 2.24) is 4.98 Å². The van der Waals surface area contributed by atoms with Crippen molar-refractivity contribution >= 4 is 12.6 Å². The van der Waals surface area contributed by atoms with Crippen LogP contribution in [0, 0.1) is 0 Å². The van der Waals surface area contributed by atoms with E-state index in [1.165, 1.54) is 0 Å². The van der Waals surface area contributed by atoms with Gasteiger partial charge in [-0.2, -0.15) is 0 Å². The molecule has 0 unspecified atom stereocenters. The Labute approximate surface area is 93.3 Å². The predicted molar refractivity (Wildman–Crippen MR) is 60.6 cm³/mol. The smallest absolute Gasteiger partial charge is 0.439 e. The molecule has 0 atom stereocenters. The second-order valence-corrected chi connectivity index (χ2v) is 3.21. The van der Waals surface area contributed by atoms with Gasteiger partial charge in [-0.1, -0.05) is 18.2 Å². The summed E-state index contributed by atoms with van der Waals surface area (Å²) < 4.78 is 5.44. The maximum atomic E-state index is 8.91. The van der Waals surface area contributed by atoms with Crippen molar-refractivity contribution < 1.29 is 14.8 Å². The van der Waals surface area contributed by atoms with Crippen LogP contribution in [0.3, 0.4) is 0 Å². The molecule has 16 heavy (non-hydrogen) atoms. The zero-order valence-electron chi connectivity index (χ0n) is 8.45. The lowest BCUT2D eigenvalue weighted by Gasteiger charge is -2.05. The fraction of sp³-hybridized carbons (Fsp3) is 0. The van der Waals surface area contributed by atoms with Gasteiger partial charge in [0.2, 0.25) is 5.88 Å². The summed E-state index contributed by atoms with van der Waals surface area (Å²) in [6.45, 7) is 0. The van der Waals surface area contributed by atoms with Gasteiger partial charge in [0.05, 0.1) is 0 Å². The van der Waals surface area contributed by atoms with E-state index in [0.717, 1.165) is 0 Å². The van der Waals surface area contributed by atoms with Gasteiger partial charge in [0.1, 0.15) is 5.75 Å². The van der Waals surface area contributed by atoms with E-state index in [9.17, 15) is 0 Å². The molecule has 1 heterocycles. The van der Waals surface area contributed by atoms with E-state index in [2.05, 4.69) is 4.98 Å². The molecule has 5 heteroatoms. The largest absolute Gasteiger partial charge is 0.488 e. The standard InChI is InChI=1S/C11H10BNO3/c14-12(15)9-4-6-10(7-5-9)16-11-3-1-2-8-13-11/h1-8,14-15H. The molecule has 80 valence electrons. The van der Waals surface area contributed by atoms with Crippen LogP contribution in [0.2, 0.25) is 0 Å². The first-order chi connectivity index (χ1) is 7.75. The second-order valence-electron chi connectivity index (χ2n) is 3.21. The third kappa shape index (κ3) is 2.59. The molecule has 0 aliphatic heterocycles. The summed E-state index contributed by atoms with van der Waals surface area (Å²) in [5.74, 6) is 1.10. The summed E-state index contributed by atoms with van der Waals surface area (Å²) >= 11 is 0. The molecular formula is C11H10BNO3. The Hall–Kier alpha value is -1.85. The van der Waals surface area contributed by atoms with E-state index in [-0.39, 0.29) is 0 Å². The summed E-state index contributed by atoms with van der Waals surface area (Å²) in [6, 6.07) is 11.9. The lowest BCUT2D eigenvalue weighted by molar-refractivity contribution is 0.425. The molecule has 0 bridgehead atoms. The van der Waals surface area contributed by atoms with Gasteiger partial charge in [-0.15, -0.1) is 0 Å². The zero-order valence-corrected chi connectivity index (χ0v) is 8.45. The minimum Gasteiger partial charge on any atom is -0.439 e. The number of pyridine rings is 1. The third-order valence-corrected chi connectivity index (χ3v) is 2.04. The van der Waals surface area contributed by atoms with Crippen LogP contribution < -0.4 is 10.2 Å². The Morgan fingerprint density at radius 3 is 2.31 bits per heavy atom. The predicted octanol–water partition coefficient (Wildman–Crippen LogP) is 0.554. The highest BCUT2D eigenvalue weighted by Gasteiger charge is 2.09. The molecule has 0 fully saturated rings. The average molecular weight is 215 g/mol. The minimum absolute atomic E-state index is 0.424. The van der Waals surface area contributed by atoms with Gasteiger partial charge in [-0.05, 0) is 23.7 Å². The van der Waals surface area contributed by atoms with Crippen molar-refractivity contribution in [2.24, 2.45) is 0 Å². The normalized spacial score (nSPS) is 9.88. The van der Waals surface area contributed by atoms with Gasteiger partial charge in [0.15, 0.2) is 0 Å². The quantitative estimate of drug-likeness (QED) is 0.734. The van der Waals surface area contributed by atoms with Crippen molar-refractivity contribution in [3.8, 4) is 11.6 Å². The molecule has 0 saturated heterocycles. The number of hydrogen-bond acceptors (Lipinski definition) is 4. The van der Waals surface area contributed by atoms with Gasteiger partial charge in [0.25, 0.3) is 0 Å². The first-order valence-electron chi connectivity index (χ1n) is 4.81. The van der Waals surface area contributed by atoms with E-state index in [1.807, 2.05) is 6.07 Å². The average Bonchev–Trinajstić information content (AvgIpc) is 2.31. The Balaban J connectivity index is 2.11. The summed E-state index contributed by atoms with van der Waals surface area (Å²) in [7, 11) is -1.45. The molecule has 2 aromatic rings. The lowest BCUT2D eigenvalue weighted by Crippen LogP contribution is -2.29. The van der Waals surface area contributed by atoms with E-state index < -0.39 is 7.12 Å². The first-order valence-corrected chi connectivity index (χ1v) is 4.81. The van der Waals surface area contributed by atoms with Crippen LogP contribution in [-0.4, -0.2) is 22.2 Å². The molecule has 0 spiro atoms. The molecule has 2 N–H and O–H groups in total. The number of ether oxygens (including phenoxy) is 1. The summed E-state index contributed by atoms with van der Waals surface area (Å²) in [4.78, 5) is 4.01. The Kier molecular flexibility index (Phi) is 3.19. The van der Waals surface area contributed by atoms with Gasteiger partial charge in [-0.25, -0.2) is 4.98 Å². The van der Waals surface area contributed by atoms with Crippen LogP contribution in [0.15, 0.2) is 48.7 Å². The Morgan fingerprint density at radius 1 is 1.00 bits per heavy atom. The monoisotopic (exact) mass is 215 g/mol. The van der Waals surface area contributed by atoms with Crippen LogP contribution in [-0.2, 0) is 0 Å². The summed E-state index contributed by atoms with van der Waals surface area (Å²) in [6.07, 6.45) is 1.64. The molecule has 4 nitrogen and oxygen atoms in total. The van der Waals surface area contributed by atoms with Crippen LogP contribution in [0.1, 0.15) is 0 Å². The van der Waals surface area contributed by atoms with E-state index in [1.54, 1.807) is 42.6 Å². The van der Waals surface area contributed by atoms with E-state index >= 15 is 0 Å². The van der Waals surface area contributed by atoms with E-state index in [4.69, 9.17) is 14.8 Å². The van der Waals surface area contributed by atoms with Gasteiger partial charge >= 0.3 is 7.12 Å². The molecule has 0 amide bonds. The van der Waals surface area contributed by atoms with Crippen LogP contribution in [0.25, 0.3) is 0 Å². The molecule has 2 rings (SSSR count). The van der Waals surface area contributed by atoms with Gasteiger partial charge < -0.3 is 14.8 Å². The maximum Gasteiger partial charge on any atom is 0.488 e. The van der Waals surface area contributed by atoms with Crippen LogP contribution in [0.5, 0.6) is 11.6 Å². The summed E-state index contributed by atoms with van der Waals surface area (Å²) in [5, 5.41) is 17.8. The first kappa shape index (κ1) is 10.7. The fourth-order valence-electron chi connectivity index (χ4n) is 1.24. The van der Waals surface area contributed by atoms with Crippen LogP contribution in [0.4, 0.5) is 0 Å². The fourth-order valence-corrected chi connectivity index (χ4v) is 1.24. The molecule has 1 aromatic carbocycles. The summed E-state index contributed by atoms with van der Waals surface area (Å²) in [5.41, 5.74) is 0.424. The molecule has 0 aliphatic rings. The Morgan fingerprint density at radius 2 is 1.75 bits per heavy atom. The lowest BCUT2D eigenvalue weighted by atomic mass is 9.80. The van der Waals surface area contributed by atoms with Crippen molar-refractivity contribution in [2.75, 3.05) is 0 Å². The van der Waals surface area contributed by atoms with E-state index in [0.29, 0.717) is 17.1 Å². The number of benzene rings is 1. The zero-order chi connectivity index (χ0) is 11.4. The molecule has 0 saturated carbocycles. The van der Waals surface area contributed by atoms with Crippen molar-refractivity contribution in [3.63, 3.8) is 0 Å². The van der Waals surface area contributed by atoms with Gasteiger partial charge in [-0.3, -0.25) is 0 Å². The van der Waals surface area contributed by atoms with Crippen molar-refractivity contribution in [2.45, 2.75) is 0 Å². The molecule has 0 aliphatic carbocycles. The van der Waals surface area contributed by atoms with Crippen molar-refractivity contribution in [3.05, 3.63) is 48.7 Å². The number of hydrogen-bond donors (Lipinski definition) is 2. The SMILES string of the molecule is OB(O)c1ccc(Oc2ccccn2)cc1. The second kappa shape index (κ2) is 4.78. The third-order valence-electron chi connectivity index (χ3n) is 2.04. The van der Waals surface area contributed by atoms with Crippen LogP contribution >= 0.6 is 0 Å². The highest BCUT2D eigenvalue weighted by molar-refractivity contribution is 6.58. The highest BCUT2D eigenvalue weighted by atomic mass is 16.5. The molecule has 0 radical (unpaired) electrons. The van der Waals surface area contributed by atoms with Gasteiger partial charge in [0, 0.05) is 12.3 Å². The number of rotatable bonds is 3. The Bertz CT molecular complexity index is 445. The topological polar surface area (TPSA) is 62.6 Å². The molecule has 1 aromatic heterocycles. The molecular weight excluding hydrogens is 205 g/mol. The highest BCUT2D eigenvalue weighted by Crippen LogP contribution is 2.16. The van der Waals surface area contributed by atoms with Crippen molar-refractivity contribution in [1.29, 1.82) is 0 Å². The minimum atomic E-state index is -1.45. The number of aromatic nitrogens is 1. The maximum absolute atomic E-state index is 8.91.